The largest absolute Gasteiger partial charge is 0.536 e. The van der Waals surface area contributed by atoms with Crippen molar-refractivity contribution in [3.05, 3.63) is 5.69 Å². The van der Waals surface area contributed by atoms with E-state index in [1.54, 1.807) is 0 Å². The Bertz CT molecular complexity index is 386. The fourth-order valence-corrected chi connectivity index (χ4v) is 2.04. The highest BCUT2D eigenvalue weighted by atomic mass is 31.2. The SMILES string of the molecule is O=P12Oc3nnnnc3C(O1)O2. The topological polar surface area (TPSA) is 96.3 Å². The molecular weight excluding hydrogens is 187 g/mol. The maximum atomic E-state index is 11.1. The molecular formula is C3HN4O4P. The molecule has 0 amide bonds. The second-order valence-corrected chi connectivity index (χ2v) is 3.65. The second kappa shape index (κ2) is 1.79. The molecule has 1 aromatic heterocycles. The first-order chi connectivity index (χ1) is 5.77. The number of nitrogens with zero attached hydrogens (tertiary/aromatic N) is 4. The van der Waals surface area contributed by atoms with E-state index in [0.717, 1.165) is 0 Å². The molecule has 1 saturated heterocycles. The van der Waals surface area contributed by atoms with Crippen LogP contribution in [0.15, 0.2) is 0 Å². The third kappa shape index (κ3) is 0.663. The first-order valence-electron chi connectivity index (χ1n) is 2.99. The molecule has 0 unspecified atom stereocenters. The van der Waals surface area contributed by atoms with Gasteiger partial charge in [0.25, 0.3) is 5.88 Å². The molecule has 12 heavy (non-hydrogen) atoms. The zero-order chi connectivity index (χ0) is 8.18. The van der Waals surface area contributed by atoms with Crippen molar-refractivity contribution in [1.29, 1.82) is 0 Å². The van der Waals surface area contributed by atoms with E-state index in [9.17, 15) is 4.57 Å². The maximum absolute atomic E-state index is 11.1. The Balaban J connectivity index is 2.18. The molecule has 1 fully saturated rings. The van der Waals surface area contributed by atoms with E-state index in [2.05, 4.69) is 20.6 Å². The van der Waals surface area contributed by atoms with Crippen LogP contribution in [-0.4, -0.2) is 20.6 Å². The molecule has 0 spiro atoms. The van der Waals surface area contributed by atoms with Gasteiger partial charge in [0.2, 0.25) is 6.29 Å². The summed E-state index contributed by atoms with van der Waals surface area (Å²) in [6.45, 7) is 0. The van der Waals surface area contributed by atoms with Crippen LogP contribution < -0.4 is 4.52 Å². The summed E-state index contributed by atoms with van der Waals surface area (Å²) in [5.41, 5.74) is 0.266. The van der Waals surface area contributed by atoms with Gasteiger partial charge in [-0.1, -0.05) is 5.10 Å². The minimum Gasteiger partial charge on any atom is -0.381 e. The van der Waals surface area contributed by atoms with E-state index in [1.165, 1.54) is 0 Å². The zero-order valence-electron chi connectivity index (χ0n) is 5.45. The number of aromatic nitrogens is 4. The summed E-state index contributed by atoms with van der Waals surface area (Å²) in [7, 11) is -3.35. The van der Waals surface area contributed by atoms with E-state index >= 15 is 0 Å². The van der Waals surface area contributed by atoms with Gasteiger partial charge in [0, 0.05) is 0 Å². The van der Waals surface area contributed by atoms with Crippen LogP contribution in [0.1, 0.15) is 12.0 Å². The molecule has 0 aliphatic carbocycles. The quantitative estimate of drug-likeness (QED) is 0.517. The van der Waals surface area contributed by atoms with Crippen LogP contribution in [0.25, 0.3) is 0 Å². The molecule has 0 radical (unpaired) electrons. The predicted molar refractivity (Wildman–Crippen MR) is 30.8 cm³/mol. The Morgan fingerprint density at radius 3 is 2.83 bits per heavy atom. The molecule has 1 aromatic rings. The van der Waals surface area contributed by atoms with Crippen LogP contribution in [0.2, 0.25) is 0 Å². The highest BCUT2D eigenvalue weighted by Crippen LogP contribution is 2.69. The van der Waals surface area contributed by atoms with Crippen molar-refractivity contribution in [2.24, 2.45) is 0 Å². The standard InChI is InChI=1S/C3HN4O4P/c8-12-9-2-1(3(10-12)11-12)4-6-7-5-2/h3H. The molecule has 3 aliphatic rings. The van der Waals surface area contributed by atoms with Crippen molar-refractivity contribution in [2.45, 2.75) is 6.29 Å². The highest BCUT2D eigenvalue weighted by molar-refractivity contribution is 7.50. The lowest BCUT2D eigenvalue weighted by atomic mass is 10.4. The van der Waals surface area contributed by atoms with Crippen LogP contribution in [0.3, 0.4) is 0 Å². The van der Waals surface area contributed by atoms with Gasteiger partial charge in [-0.15, -0.1) is 5.10 Å². The van der Waals surface area contributed by atoms with Crippen LogP contribution in [0.4, 0.5) is 0 Å². The van der Waals surface area contributed by atoms with Gasteiger partial charge in [-0.3, -0.25) is 0 Å². The third-order valence-electron chi connectivity index (χ3n) is 1.42. The second-order valence-electron chi connectivity index (χ2n) is 2.15. The molecule has 8 nitrogen and oxygen atoms in total. The Morgan fingerprint density at radius 2 is 2.00 bits per heavy atom. The van der Waals surface area contributed by atoms with Gasteiger partial charge in [0.15, 0.2) is 5.69 Å². The van der Waals surface area contributed by atoms with Crippen molar-refractivity contribution >= 4 is 7.82 Å². The number of phosphoric acid groups is 1. The Morgan fingerprint density at radius 1 is 1.25 bits per heavy atom. The summed E-state index contributed by atoms with van der Waals surface area (Å²) in [4.78, 5) is 0. The van der Waals surface area contributed by atoms with E-state index in [4.69, 9.17) is 13.6 Å². The minimum absolute atomic E-state index is 0.0656. The fraction of sp³-hybridized carbons (Fsp3) is 0.333. The smallest absolute Gasteiger partial charge is 0.381 e. The summed E-state index contributed by atoms with van der Waals surface area (Å²) in [6, 6.07) is 0. The third-order valence-corrected chi connectivity index (χ3v) is 2.71. The van der Waals surface area contributed by atoms with Crippen LogP contribution in [-0.2, 0) is 13.6 Å². The normalized spacial score (nSPS) is 36.2. The predicted octanol–water partition coefficient (Wildman–Crippen LogP) is -0.188. The van der Waals surface area contributed by atoms with Crippen LogP contribution >= 0.6 is 7.82 Å². The molecule has 62 valence electrons. The summed E-state index contributed by atoms with van der Waals surface area (Å²) >= 11 is 0. The first kappa shape index (κ1) is 6.41. The lowest BCUT2D eigenvalue weighted by Crippen LogP contribution is -2.28. The number of phosphoric ester groups is 1. The Kier molecular flexibility index (Phi) is 0.957. The number of hydrogen-bond donors (Lipinski definition) is 0. The average molecular weight is 188 g/mol. The van der Waals surface area contributed by atoms with Gasteiger partial charge in [-0.25, -0.2) is 13.6 Å². The zero-order valence-corrected chi connectivity index (χ0v) is 6.34. The average Bonchev–Trinajstić information content (AvgIpc) is 2.02. The number of rotatable bonds is 0. The van der Waals surface area contributed by atoms with Crippen LogP contribution in [0, 0.1) is 0 Å². The molecule has 0 saturated carbocycles. The summed E-state index contributed by atoms with van der Waals surface area (Å²) in [6.07, 6.45) is -0.761. The van der Waals surface area contributed by atoms with Crippen molar-refractivity contribution in [3.8, 4) is 5.88 Å². The Hall–Kier alpha value is -1.11. The number of hydrogen-bond acceptors (Lipinski definition) is 8. The molecule has 4 heterocycles. The molecule has 9 heteroatoms. The van der Waals surface area contributed by atoms with Crippen LogP contribution in [0.5, 0.6) is 5.88 Å². The minimum atomic E-state index is -3.35. The summed E-state index contributed by atoms with van der Waals surface area (Å²) < 4.78 is 25.3. The van der Waals surface area contributed by atoms with E-state index in [-0.39, 0.29) is 11.6 Å². The van der Waals surface area contributed by atoms with Crippen molar-refractivity contribution < 1.29 is 18.1 Å². The van der Waals surface area contributed by atoms with Gasteiger partial charge in [0.1, 0.15) is 0 Å². The monoisotopic (exact) mass is 188 g/mol. The van der Waals surface area contributed by atoms with Gasteiger partial charge < -0.3 is 4.52 Å². The van der Waals surface area contributed by atoms with Gasteiger partial charge >= 0.3 is 7.82 Å². The molecule has 0 N–H and O–H groups in total. The van der Waals surface area contributed by atoms with Crippen molar-refractivity contribution in [3.63, 3.8) is 0 Å². The van der Waals surface area contributed by atoms with Crippen molar-refractivity contribution in [2.75, 3.05) is 0 Å². The molecule has 2 bridgehead atoms. The van der Waals surface area contributed by atoms with E-state index < -0.39 is 14.1 Å². The lowest BCUT2D eigenvalue weighted by molar-refractivity contribution is -0.136. The summed E-state index contributed by atoms with van der Waals surface area (Å²) in [5, 5.41) is 13.5. The maximum Gasteiger partial charge on any atom is 0.536 e. The van der Waals surface area contributed by atoms with Gasteiger partial charge in [-0.05, 0) is 10.4 Å². The molecule has 4 rings (SSSR count). The molecule has 0 atom stereocenters. The molecule has 3 aliphatic heterocycles. The van der Waals surface area contributed by atoms with Gasteiger partial charge in [-0.2, -0.15) is 0 Å². The lowest BCUT2D eigenvalue weighted by Gasteiger charge is -2.36. The molecule has 0 aromatic carbocycles. The van der Waals surface area contributed by atoms with E-state index in [1.807, 2.05) is 0 Å². The Labute approximate surface area is 65.5 Å². The highest BCUT2D eigenvalue weighted by Gasteiger charge is 2.55. The van der Waals surface area contributed by atoms with E-state index in [0.29, 0.717) is 0 Å². The summed E-state index contributed by atoms with van der Waals surface area (Å²) in [5.74, 6) is 0.0656. The fourth-order valence-electron chi connectivity index (χ4n) is 0.927. The van der Waals surface area contributed by atoms with Crippen molar-refractivity contribution in [1.82, 2.24) is 20.6 Å². The first-order valence-corrected chi connectivity index (χ1v) is 4.45. The van der Waals surface area contributed by atoms with Gasteiger partial charge in [0.05, 0.1) is 0 Å².